The minimum Gasteiger partial charge on any atom is -0.494 e. The SMILES string of the molecule is COc1c(Cl)cc(OC/C=C(/C)Cl)cc1C1=NOC(CCCOc2ccc(-c3nnn(C)n3)cc2)C1. The third-order valence-corrected chi connectivity index (χ3v) is 5.87. The number of aromatic nitrogens is 4. The molecular weight excluding hydrogens is 505 g/mol. The summed E-state index contributed by atoms with van der Waals surface area (Å²) in [5, 5.41) is 17.5. The molecule has 4 rings (SSSR count). The predicted molar refractivity (Wildman–Crippen MR) is 138 cm³/mol. The first-order valence-corrected chi connectivity index (χ1v) is 12.2. The highest BCUT2D eigenvalue weighted by molar-refractivity contribution is 6.33. The average Bonchev–Trinajstić information content (AvgIpc) is 3.51. The van der Waals surface area contributed by atoms with Crippen LogP contribution in [0.3, 0.4) is 0 Å². The lowest BCUT2D eigenvalue weighted by molar-refractivity contribution is 0.0741. The predicted octanol–water partition coefficient (Wildman–Crippen LogP) is 5.41. The number of aryl methyl sites for hydroxylation is 1. The lowest BCUT2D eigenvalue weighted by Gasteiger charge is -2.13. The van der Waals surface area contributed by atoms with E-state index in [0.717, 1.165) is 35.4 Å². The van der Waals surface area contributed by atoms with E-state index in [0.29, 0.717) is 47.0 Å². The van der Waals surface area contributed by atoms with E-state index in [1.807, 2.05) is 30.3 Å². The van der Waals surface area contributed by atoms with Crippen molar-refractivity contribution in [2.75, 3.05) is 20.3 Å². The lowest BCUT2D eigenvalue weighted by atomic mass is 10.0. The molecule has 2 heterocycles. The number of methoxy groups -OCH3 is 1. The maximum atomic E-state index is 6.43. The summed E-state index contributed by atoms with van der Waals surface area (Å²) >= 11 is 12.3. The van der Waals surface area contributed by atoms with Crippen LogP contribution in [0.4, 0.5) is 0 Å². The molecule has 0 radical (unpaired) electrons. The summed E-state index contributed by atoms with van der Waals surface area (Å²) < 4.78 is 17.1. The second kappa shape index (κ2) is 12.1. The molecule has 0 saturated carbocycles. The van der Waals surface area contributed by atoms with Crippen molar-refractivity contribution >= 4 is 28.9 Å². The van der Waals surface area contributed by atoms with Crippen molar-refractivity contribution in [3.8, 4) is 28.6 Å². The van der Waals surface area contributed by atoms with Gasteiger partial charge in [0.2, 0.25) is 5.82 Å². The van der Waals surface area contributed by atoms with Gasteiger partial charge in [0.15, 0.2) is 0 Å². The molecule has 1 atom stereocenters. The van der Waals surface area contributed by atoms with Gasteiger partial charge in [0.1, 0.15) is 30.0 Å². The number of hydrogen-bond donors (Lipinski definition) is 0. The topological polar surface area (TPSA) is 92.9 Å². The van der Waals surface area contributed by atoms with Gasteiger partial charge in [-0.05, 0) is 61.4 Å². The van der Waals surface area contributed by atoms with Crippen molar-refractivity contribution < 1.29 is 19.0 Å². The molecule has 36 heavy (non-hydrogen) atoms. The van der Waals surface area contributed by atoms with Gasteiger partial charge in [-0.15, -0.1) is 10.2 Å². The summed E-state index contributed by atoms with van der Waals surface area (Å²) in [4.78, 5) is 7.10. The zero-order chi connectivity index (χ0) is 25.5. The molecule has 2 aromatic carbocycles. The number of oxime groups is 1. The third-order valence-electron chi connectivity index (χ3n) is 5.44. The van der Waals surface area contributed by atoms with Crippen LogP contribution in [-0.2, 0) is 11.9 Å². The molecule has 1 unspecified atom stereocenters. The molecule has 0 amide bonds. The van der Waals surface area contributed by atoms with Crippen molar-refractivity contribution in [2.24, 2.45) is 12.2 Å². The Morgan fingerprint density at radius 3 is 2.69 bits per heavy atom. The van der Waals surface area contributed by atoms with E-state index in [2.05, 4.69) is 20.6 Å². The molecule has 0 N–H and O–H groups in total. The van der Waals surface area contributed by atoms with E-state index in [1.54, 1.807) is 33.2 Å². The van der Waals surface area contributed by atoms with Gasteiger partial charge in [-0.25, -0.2) is 0 Å². The minimum absolute atomic E-state index is 0.0522. The van der Waals surface area contributed by atoms with Gasteiger partial charge in [0, 0.05) is 28.6 Å². The zero-order valence-electron chi connectivity index (χ0n) is 20.3. The number of halogens is 2. The smallest absolute Gasteiger partial charge is 0.204 e. The van der Waals surface area contributed by atoms with Crippen LogP contribution in [0.1, 0.15) is 31.7 Å². The van der Waals surface area contributed by atoms with E-state index in [9.17, 15) is 0 Å². The zero-order valence-corrected chi connectivity index (χ0v) is 21.8. The number of rotatable bonds is 11. The lowest BCUT2D eigenvalue weighted by Crippen LogP contribution is -2.11. The molecule has 11 heteroatoms. The maximum Gasteiger partial charge on any atom is 0.204 e. The van der Waals surface area contributed by atoms with Crippen LogP contribution < -0.4 is 14.2 Å². The van der Waals surface area contributed by atoms with E-state index in [1.165, 1.54) is 4.80 Å². The Labute approximate surface area is 219 Å². The largest absolute Gasteiger partial charge is 0.494 e. The van der Waals surface area contributed by atoms with Crippen molar-refractivity contribution in [2.45, 2.75) is 32.3 Å². The molecule has 0 aliphatic carbocycles. The Bertz CT molecular complexity index is 1240. The second-order valence-electron chi connectivity index (χ2n) is 8.17. The fourth-order valence-corrected chi connectivity index (χ4v) is 4.02. The standard InChI is InChI=1S/C25H27Cl2N5O4/c1-16(26)10-12-35-20-13-21(24(33-3)22(27)14-20)23-15-19(36-30-23)5-4-11-34-18-8-6-17(7-9-18)25-28-31-32(2)29-25/h6-10,13-14,19H,4-5,11-12,15H2,1-3H3/b16-10-. The summed E-state index contributed by atoms with van der Waals surface area (Å²) in [5.41, 5.74) is 2.40. The van der Waals surface area contributed by atoms with Crippen molar-refractivity contribution in [1.29, 1.82) is 0 Å². The average molecular weight is 532 g/mol. The monoisotopic (exact) mass is 531 g/mol. The van der Waals surface area contributed by atoms with Gasteiger partial charge >= 0.3 is 0 Å². The van der Waals surface area contributed by atoms with Gasteiger partial charge in [0.25, 0.3) is 0 Å². The van der Waals surface area contributed by atoms with Crippen LogP contribution in [0.5, 0.6) is 17.2 Å². The Balaban J connectivity index is 1.27. The van der Waals surface area contributed by atoms with E-state index < -0.39 is 0 Å². The molecule has 0 saturated heterocycles. The van der Waals surface area contributed by atoms with E-state index in [-0.39, 0.29) is 6.10 Å². The van der Waals surface area contributed by atoms with Gasteiger partial charge in [-0.3, -0.25) is 0 Å². The summed E-state index contributed by atoms with van der Waals surface area (Å²) in [6.45, 7) is 2.69. The molecule has 1 aromatic heterocycles. The van der Waals surface area contributed by atoms with Crippen LogP contribution in [0.25, 0.3) is 11.4 Å². The fourth-order valence-electron chi connectivity index (χ4n) is 3.67. The van der Waals surface area contributed by atoms with Gasteiger partial charge in [-0.2, -0.15) is 4.80 Å². The summed E-state index contributed by atoms with van der Waals surface area (Å²) in [6.07, 6.45) is 3.96. The van der Waals surface area contributed by atoms with E-state index in [4.69, 9.17) is 42.3 Å². The Morgan fingerprint density at radius 1 is 1.19 bits per heavy atom. The Morgan fingerprint density at radius 2 is 2.00 bits per heavy atom. The summed E-state index contributed by atoms with van der Waals surface area (Å²) in [5.74, 6) is 2.50. The number of benzene rings is 2. The first-order valence-electron chi connectivity index (χ1n) is 11.5. The molecule has 0 spiro atoms. The van der Waals surface area contributed by atoms with Crippen LogP contribution >= 0.6 is 23.2 Å². The molecule has 1 aliphatic heterocycles. The van der Waals surface area contributed by atoms with Crippen molar-refractivity contribution in [3.05, 3.63) is 58.1 Å². The highest BCUT2D eigenvalue weighted by Crippen LogP contribution is 2.36. The molecule has 0 bridgehead atoms. The third kappa shape index (κ3) is 6.67. The molecule has 0 fully saturated rings. The summed E-state index contributed by atoms with van der Waals surface area (Å²) in [7, 11) is 3.31. The number of ether oxygens (including phenoxy) is 3. The highest BCUT2D eigenvalue weighted by Gasteiger charge is 2.26. The Kier molecular flexibility index (Phi) is 8.66. The molecule has 3 aromatic rings. The van der Waals surface area contributed by atoms with E-state index >= 15 is 0 Å². The first-order chi connectivity index (χ1) is 17.4. The number of hydrogen-bond acceptors (Lipinski definition) is 8. The van der Waals surface area contributed by atoms with Crippen molar-refractivity contribution in [1.82, 2.24) is 20.2 Å². The van der Waals surface area contributed by atoms with Crippen LogP contribution in [0.2, 0.25) is 5.02 Å². The molecule has 1 aliphatic rings. The van der Waals surface area contributed by atoms with Crippen LogP contribution in [0.15, 0.2) is 52.7 Å². The van der Waals surface area contributed by atoms with Crippen molar-refractivity contribution in [3.63, 3.8) is 0 Å². The molecule has 190 valence electrons. The maximum absolute atomic E-state index is 6.43. The highest BCUT2D eigenvalue weighted by atomic mass is 35.5. The number of allylic oxidation sites excluding steroid dienone is 1. The van der Waals surface area contributed by atoms with Crippen LogP contribution in [-0.4, -0.2) is 52.3 Å². The summed E-state index contributed by atoms with van der Waals surface area (Å²) in [6, 6.07) is 11.2. The fraction of sp³-hybridized carbons (Fsp3) is 0.360. The number of tetrazole rings is 1. The second-order valence-corrected chi connectivity index (χ2v) is 9.18. The normalized spacial score (nSPS) is 15.4. The minimum atomic E-state index is -0.0522. The molecular formula is C25H27Cl2N5O4. The quantitative estimate of drug-likeness (QED) is 0.305. The number of nitrogens with zero attached hydrogens (tertiary/aromatic N) is 5. The molecule has 9 nitrogen and oxygen atoms in total. The van der Waals surface area contributed by atoms with Crippen LogP contribution in [0, 0.1) is 0 Å². The van der Waals surface area contributed by atoms with Gasteiger partial charge in [-0.1, -0.05) is 28.4 Å². The Hall–Kier alpha value is -3.30. The first kappa shape index (κ1) is 25.8. The van der Waals surface area contributed by atoms with Gasteiger partial charge in [0.05, 0.1) is 31.5 Å². The van der Waals surface area contributed by atoms with Gasteiger partial charge < -0.3 is 19.0 Å².